The molecule has 0 heterocycles. The fourth-order valence-corrected chi connectivity index (χ4v) is 2.78. The Morgan fingerprint density at radius 3 is 2.50 bits per heavy atom. The van der Waals surface area contributed by atoms with Gasteiger partial charge in [0.25, 0.3) is 0 Å². The van der Waals surface area contributed by atoms with Crippen molar-refractivity contribution in [2.45, 2.75) is 45.1 Å². The molecule has 1 aliphatic rings. The average Bonchev–Trinajstić information content (AvgIpc) is 3.02. The minimum atomic E-state index is -0.295. The third-order valence-corrected chi connectivity index (χ3v) is 4.12. The summed E-state index contributed by atoms with van der Waals surface area (Å²) in [5.41, 5.74) is 0.852. The van der Waals surface area contributed by atoms with Crippen LogP contribution in [0.3, 0.4) is 0 Å². The predicted molar refractivity (Wildman–Crippen MR) is 82.5 cm³/mol. The molecule has 0 aliphatic heterocycles. The van der Waals surface area contributed by atoms with Gasteiger partial charge in [0.1, 0.15) is 5.82 Å². The van der Waals surface area contributed by atoms with Crippen molar-refractivity contribution in [3.8, 4) is 0 Å². The van der Waals surface area contributed by atoms with Gasteiger partial charge in [-0.3, -0.25) is 9.59 Å². The average molecular weight is 306 g/mol. The van der Waals surface area contributed by atoms with Crippen LogP contribution in [-0.2, 0) is 9.59 Å². The lowest BCUT2D eigenvalue weighted by Gasteiger charge is -2.15. The van der Waals surface area contributed by atoms with Crippen LogP contribution in [0.15, 0.2) is 24.3 Å². The van der Waals surface area contributed by atoms with Gasteiger partial charge in [-0.2, -0.15) is 0 Å². The van der Waals surface area contributed by atoms with Gasteiger partial charge in [0.05, 0.1) is 6.04 Å². The van der Waals surface area contributed by atoms with E-state index in [1.54, 1.807) is 12.1 Å². The molecule has 22 heavy (non-hydrogen) atoms. The summed E-state index contributed by atoms with van der Waals surface area (Å²) in [6, 6.07) is 5.88. The summed E-state index contributed by atoms with van der Waals surface area (Å²) in [5.74, 6) is -0.224. The molecule has 0 saturated heterocycles. The zero-order chi connectivity index (χ0) is 15.9. The van der Waals surface area contributed by atoms with Crippen LogP contribution in [0.25, 0.3) is 0 Å². The summed E-state index contributed by atoms with van der Waals surface area (Å²) < 4.78 is 12.9. The molecule has 1 unspecified atom stereocenters. The highest BCUT2D eigenvalue weighted by atomic mass is 19.1. The van der Waals surface area contributed by atoms with Gasteiger partial charge in [0.15, 0.2) is 0 Å². The summed E-state index contributed by atoms with van der Waals surface area (Å²) in [4.78, 5) is 23.7. The van der Waals surface area contributed by atoms with Crippen LogP contribution >= 0.6 is 0 Å². The summed E-state index contributed by atoms with van der Waals surface area (Å²) in [7, 11) is 0. The molecule has 2 amide bonds. The second kappa shape index (κ2) is 7.92. The first-order valence-electron chi connectivity index (χ1n) is 7.89. The van der Waals surface area contributed by atoms with E-state index in [2.05, 4.69) is 10.6 Å². The molecule has 1 fully saturated rings. The van der Waals surface area contributed by atoms with E-state index >= 15 is 0 Å². The number of rotatable bonds is 6. The molecule has 1 atom stereocenters. The van der Waals surface area contributed by atoms with Crippen LogP contribution in [-0.4, -0.2) is 18.4 Å². The van der Waals surface area contributed by atoms with Crippen molar-refractivity contribution in [3.63, 3.8) is 0 Å². The second-order valence-corrected chi connectivity index (χ2v) is 5.86. The van der Waals surface area contributed by atoms with E-state index in [0.29, 0.717) is 6.54 Å². The molecule has 1 aromatic rings. The van der Waals surface area contributed by atoms with Crippen LogP contribution in [0, 0.1) is 11.7 Å². The zero-order valence-electron chi connectivity index (χ0n) is 12.9. The lowest BCUT2D eigenvalue weighted by atomic mass is 10.1. The highest BCUT2D eigenvalue weighted by Crippen LogP contribution is 2.24. The fourth-order valence-electron chi connectivity index (χ4n) is 2.78. The number of hydrogen-bond acceptors (Lipinski definition) is 2. The van der Waals surface area contributed by atoms with Crippen molar-refractivity contribution in [2.24, 2.45) is 5.92 Å². The Bertz CT molecular complexity index is 510. The molecule has 1 saturated carbocycles. The first-order valence-corrected chi connectivity index (χ1v) is 7.89. The Labute approximate surface area is 130 Å². The van der Waals surface area contributed by atoms with E-state index in [1.165, 1.54) is 12.1 Å². The van der Waals surface area contributed by atoms with Gasteiger partial charge in [0.2, 0.25) is 11.8 Å². The molecule has 0 bridgehead atoms. The Morgan fingerprint density at radius 2 is 1.86 bits per heavy atom. The molecule has 1 aliphatic carbocycles. The molecule has 1 aromatic carbocycles. The van der Waals surface area contributed by atoms with Crippen LogP contribution in [0.2, 0.25) is 0 Å². The second-order valence-electron chi connectivity index (χ2n) is 5.86. The van der Waals surface area contributed by atoms with E-state index in [-0.39, 0.29) is 36.0 Å². The molecule has 5 heteroatoms. The summed E-state index contributed by atoms with van der Waals surface area (Å²) in [6.07, 6.45) is 4.41. The molecule has 120 valence electrons. The van der Waals surface area contributed by atoms with Crippen LogP contribution in [0.4, 0.5) is 4.39 Å². The third-order valence-electron chi connectivity index (χ3n) is 4.12. The fraction of sp³-hybridized carbons (Fsp3) is 0.529. The smallest absolute Gasteiger partial charge is 0.223 e. The minimum Gasteiger partial charge on any atom is -0.355 e. The number of benzene rings is 1. The van der Waals surface area contributed by atoms with Crippen molar-refractivity contribution < 1.29 is 14.0 Å². The lowest BCUT2D eigenvalue weighted by molar-refractivity contribution is -0.125. The SMILES string of the molecule is CC(NC(=O)CCNC(=O)C1CCCC1)c1ccc(F)cc1. The van der Waals surface area contributed by atoms with Gasteiger partial charge < -0.3 is 10.6 Å². The third kappa shape index (κ3) is 4.83. The maximum Gasteiger partial charge on any atom is 0.223 e. The van der Waals surface area contributed by atoms with Gasteiger partial charge in [0, 0.05) is 18.9 Å². The Hall–Kier alpha value is -1.91. The number of amides is 2. The molecule has 0 radical (unpaired) electrons. The van der Waals surface area contributed by atoms with Gasteiger partial charge in [-0.25, -0.2) is 4.39 Å². The number of carbonyl (C=O) groups excluding carboxylic acids is 2. The van der Waals surface area contributed by atoms with E-state index in [4.69, 9.17) is 0 Å². The maximum absolute atomic E-state index is 12.9. The van der Waals surface area contributed by atoms with E-state index in [9.17, 15) is 14.0 Å². The van der Waals surface area contributed by atoms with Gasteiger partial charge in [-0.15, -0.1) is 0 Å². The standard InChI is InChI=1S/C17H23FN2O2/c1-12(13-6-8-15(18)9-7-13)20-16(21)10-11-19-17(22)14-4-2-3-5-14/h6-9,12,14H,2-5,10-11H2,1H3,(H,19,22)(H,20,21). The molecular weight excluding hydrogens is 283 g/mol. The topological polar surface area (TPSA) is 58.2 Å². The molecule has 0 aromatic heterocycles. The number of nitrogens with one attached hydrogen (secondary N) is 2. The largest absolute Gasteiger partial charge is 0.355 e. The van der Waals surface area contributed by atoms with Gasteiger partial charge in [-0.05, 0) is 37.5 Å². The Balaban J connectivity index is 1.68. The number of carbonyl (C=O) groups is 2. The summed E-state index contributed by atoms with van der Waals surface area (Å²) in [5, 5.41) is 5.67. The molecule has 2 N–H and O–H groups in total. The number of hydrogen-bond donors (Lipinski definition) is 2. The summed E-state index contributed by atoms with van der Waals surface area (Å²) in [6.45, 7) is 2.21. The van der Waals surface area contributed by atoms with Crippen molar-refractivity contribution >= 4 is 11.8 Å². The number of halogens is 1. The van der Waals surface area contributed by atoms with Crippen LogP contribution < -0.4 is 10.6 Å². The quantitative estimate of drug-likeness (QED) is 0.849. The zero-order valence-corrected chi connectivity index (χ0v) is 12.9. The van der Waals surface area contributed by atoms with E-state index < -0.39 is 0 Å². The van der Waals surface area contributed by atoms with Crippen molar-refractivity contribution in [3.05, 3.63) is 35.6 Å². The molecular formula is C17H23FN2O2. The van der Waals surface area contributed by atoms with Gasteiger partial charge in [-0.1, -0.05) is 25.0 Å². The minimum absolute atomic E-state index is 0.0666. The van der Waals surface area contributed by atoms with Crippen molar-refractivity contribution in [1.82, 2.24) is 10.6 Å². The maximum atomic E-state index is 12.9. The normalized spacial score (nSPS) is 16.3. The molecule has 2 rings (SSSR count). The highest BCUT2D eigenvalue weighted by molar-refractivity contribution is 5.80. The first kappa shape index (κ1) is 16.5. The van der Waals surface area contributed by atoms with Crippen LogP contribution in [0.1, 0.15) is 50.6 Å². The van der Waals surface area contributed by atoms with E-state index in [1.807, 2.05) is 6.92 Å². The monoisotopic (exact) mass is 306 g/mol. The van der Waals surface area contributed by atoms with Crippen molar-refractivity contribution in [1.29, 1.82) is 0 Å². The Morgan fingerprint density at radius 1 is 1.23 bits per heavy atom. The summed E-state index contributed by atoms with van der Waals surface area (Å²) >= 11 is 0. The first-order chi connectivity index (χ1) is 10.6. The molecule has 0 spiro atoms. The van der Waals surface area contributed by atoms with E-state index in [0.717, 1.165) is 31.2 Å². The van der Waals surface area contributed by atoms with Gasteiger partial charge >= 0.3 is 0 Å². The predicted octanol–water partition coefficient (Wildman–Crippen LogP) is 2.70. The highest BCUT2D eigenvalue weighted by Gasteiger charge is 2.22. The lowest BCUT2D eigenvalue weighted by Crippen LogP contribution is -2.34. The van der Waals surface area contributed by atoms with Crippen molar-refractivity contribution in [2.75, 3.05) is 6.54 Å². The molecule has 4 nitrogen and oxygen atoms in total. The van der Waals surface area contributed by atoms with Crippen LogP contribution in [0.5, 0.6) is 0 Å². The Kier molecular flexibility index (Phi) is 5.92.